The Bertz CT molecular complexity index is 664. The maximum Gasteiger partial charge on any atom is 0.255 e. The summed E-state index contributed by atoms with van der Waals surface area (Å²) in [7, 11) is 0. The average Bonchev–Trinajstić information content (AvgIpc) is 2.40. The monoisotopic (exact) mass is 289 g/mol. The van der Waals surface area contributed by atoms with Gasteiger partial charge in [0.15, 0.2) is 0 Å². The number of aryl methyl sites for hydroxylation is 2. The van der Waals surface area contributed by atoms with E-state index in [1.807, 2.05) is 13.8 Å². The number of aromatic amines is 1. The second kappa shape index (κ2) is 6.63. The standard InChI is InChI=1S/C16H20FN3O/c1-10(15-11(2)19-12(3)20-16(15)21)18-9-8-13-4-6-14(17)7-5-13/h4-7,10,18H,8-9H2,1-3H3,(H,19,20,21). The van der Waals surface area contributed by atoms with Gasteiger partial charge in [0.25, 0.3) is 5.56 Å². The fourth-order valence-electron chi connectivity index (χ4n) is 2.43. The number of benzene rings is 1. The number of halogens is 1. The molecule has 0 saturated carbocycles. The third kappa shape index (κ3) is 3.98. The summed E-state index contributed by atoms with van der Waals surface area (Å²) in [5, 5.41) is 3.31. The molecule has 1 aromatic heterocycles. The van der Waals surface area contributed by atoms with Crippen LogP contribution in [0, 0.1) is 19.7 Å². The van der Waals surface area contributed by atoms with Crippen LogP contribution < -0.4 is 10.9 Å². The first-order valence-corrected chi connectivity index (χ1v) is 7.02. The summed E-state index contributed by atoms with van der Waals surface area (Å²) in [6.07, 6.45) is 0.779. The van der Waals surface area contributed by atoms with Crippen LogP contribution in [0.3, 0.4) is 0 Å². The zero-order valence-corrected chi connectivity index (χ0v) is 12.5. The molecule has 0 aliphatic rings. The van der Waals surface area contributed by atoms with Crippen molar-refractivity contribution >= 4 is 0 Å². The Labute approximate surface area is 123 Å². The minimum absolute atomic E-state index is 0.0812. The molecule has 1 unspecified atom stereocenters. The van der Waals surface area contributed by atoms with E-state index in [0.29, 0.717) is 17.9 Å². The maximum absolute atomic E-state index is 12.8. The molecule has 112 valence electrons. The Morgan fingerprint density at radius 1 is 1.29 bits per heavy atom. The predicted molar refractivity (Wildman–Crippen MR) is 80.9 cm³/mol. The number of nitrogens with zero attached hydrogens (tertiary/aromatic N) is 1. The molecule has 2 rings (SSSR count). The van der Waals surface area contributed by atoms with Crippen LogP contribution in [0.15, 0.2) is 29.1 Å². The van der Waals surface area contributed by atoms with E-state index in [4.69, 9.17) is 0 Å². The summed E-state index contributed by atoms with van der Waals surface area (Å²) >= 11 is 0. The van der Waals surface area contributed by atoms with Gasteiger partial charge in [-0.25, -0.2) is 9.37 Å². The molecule has 0 amide bonds. The maximum atomic E-state index is 12.8. The van der Waals surface area contributed by atoms with Gasteiger partial charge in [0, 0.05) is 11.7 Å². The Morgan fingerprint density at radius 3 is 2.57 bits per heavy atom. The van der Waals surface area contributed by atoms with E-state index in [1.54, 1.807) is 19.1 Å². The van der Waals surface area contributed by atoms with Crippen LogP contribution in [0.5, 0.6) is 0 Å². The van der Waals surface area contributed by atoms with E-state index in [1.165, 1.54) is 12.1 Å². The molecule has 0 fully saturated rings. The summed E-state index contributed by atoms with van der Waals surface area (Å²) in [4.78, 5) is 19.0. The van der Waals surface area contributed by atoms with Gasteiger partial charge < -0.3 is 10.3 Å². The SMILES string of the molecule is Cc1nc(C)c(C(C)NCCc2ccc(F)cc2)c(=O)[nH]1. The molecule has 2 aromatic rings. The summed E-state index contributed by atoms with van der Waals surface area (Å²) in [5.74, 6) is 0.396. The number of H-pyrrole nitrogens is 1. The van der Waals surface area contributed by atoms with E-state index in [9.17, 15) is 9.18 Å². The minimum Gasteiger partial charge on any atom is -0.310 e. The highest BCUT2D eigenvalue weighted by molar-refractivity contribution is 5.20. The molecule has 1 heterocycles. The highest BCUT2D eigenvalue weighted by atomic mass is 19.1. The predicted octanol–water partition coefficient (Wildman–Crippen LogP) is 2.42. The van der Waals surface area contributed by atoms with Crippen molar-refractivity contribution in [3.05, 3.63) is 63.1 Å². The van der Waals surface area contributed by atoms with Crippen molar-refractivity contribution in [1.82, 2.24) is 15.3 Å². The average molecular weight is 289 g/mol. The van der Waals surface area contributed by atoms with Crippen LogP contribution >= 0.6 is 0 Å². The van der Waals surface area contributed by atoms with Crippen molar-refractivity contribution in [2.45, 2.75) is 33.2 Å². The van der Waals surface area contributed by atoms with E-state index in [2.05, 4.69) is 15.3 Å². The largest absolute Gasteiger partial charge is 0.310 e. The zero-order valence-electron chi connectivity index (χ0n) is 12.5. The highest BCUT2D eigenvalue weighted by Gasteiger charge is 2.13. The molecule has 0 saturated heterocycles. The number of nitrogens with one attached hydrogen (secondary N) is 2. The highest BCUT2D eigenvalue weighted by Crippen LogP contribution is 2.11. The lowest BCUT2D eigenvalue weighted by atomic mass is 10.1. The lowest BCUT2D eigenvalue weighted by molar-refractivity contribution is 0.564. The van der Waals surface area contributed by atoms with Gasteiger partial charge in [-0.1, -0.05) is 12.1 Å². The third-order valence-electron chi connectivity index (χ3n) is 3.47. The lowest BCUT2D eigenvalue weighted by Crippen LogP contribution is -2.29. The second-order valence-corrected chi connectivity index (χ2v) is 5.20. The molecule has 0 radical (unpaired) electrons. The third-order valence-corrected chi connectivity index (χ3v) is 3.47. The molecule has 1 aromatic carbocycles. The van der Waals surface area contributed by atoms with Gasteiger partial charge in [-0.2, -0.15) is 0 Å². The van der Waals surface area contributed by atoms with Crippen LogP contribution in [0.1, 0.15) is 35.6 Å². The van der Waals surface area contributed by atoms with Gasteiger partial charge >= 0.3 is 0 Å². The quantitative estimate of drug-likeness (QED) is 0.888. The van der Waals surface area contributed by atoms with E-state index in [-0.39, 0.29) is 17.4 Å². The fraction of sp³-hybridized carbons (Fsp3) is 0.375. The summed E-state index contributed by atoms with van der Waals surface area (Å²) in [6.45, 7) is 6.26. The zero-order chi connectivity index (χ0) is 15.4. The molecule has 0 aliphatic heterocycles. The van der Waals surface area contributed by atoms with Crippen LogP contribution in [0.2, 0.25) is 0 Å². The van der Waals surface area contributed by atoms with Gasteiger partial charge in [0.2, 0.25) is 0 Å². The Balaban J connectivity index is 1.97. The van der Waals surface area contributed by atoms with Gasteiger partial charge in [-0.3, -0.25) is 4.79 Å². The van der Waals surface area contributed by atoms with E-state index < -0.39 is 0 Å². The second-order valence-electron chi connectivity index (χ2n) is 5.20. The summed E-state index contributed by atoms with van der Waals surface area (Å²) < 4.78 is 12.8. The topological polar surface area (TPSA) is 57.8 Å². The van der Waals surface area contributed by atoms with E-state index in [0.717, 1.165) is 17.7 Å². The first-order valence-electron chi connectivity index (χ1n) is 7.02. The smallest absolute Gasteiger partial charge is 0.255 e. The number of hydrogen-bond acceptors (Lipinski definition) is 3. The van der Waals surface area contributed by atoms with Gasteiger partial charge in [0.1, 0.15) is 11.6 Å². The minimum atomic E-state index is -0.229. The Morgan fingerprint density at radius 2 is 1.95 bits per heavy atom. The Kier molecular flexibility index (Phi) is 4.85. The molecule has 2 N–H and O–H groups in total. The fourth-order valence-corrected chi connectivity index (χ4v) is 2.43. The van der Waals surface area contributed by atoms with Gasteiger partial charge in [-0.05, 0) is 51.4 Å². The molecular weight excluding hydrogens is 269 g/mol. The molecule has 0 spiro atoms. The number of rotatable bonds is 5. The summed E-state index contributed by atoms with van der Waals surface area (Å²) in [5.41, 5.74) is 2.38. The molecule has 5 heteroatoms. The first kappa shape index (κ1) is 15.4. The molecular formula is C16H20FN3O. The van der Waals surface area contributed by atoms with Crippen LogP contribution in [-0.2, 0) is 6.42 Å². The van der Waals surface area contributed by atoms with Crippen molar-refractivity contribution in [1.29, 1.82) is 0 Å². The van der Waals surface area contributed by atoms with E-state index >= 15 is 0 Å². The van der Waals surface area contributed by atoms with Crippen molar-refractivity contribution in [2.24, 2.45) is 0 Å². The van der Waals surface area contributed by atoms with Gasteiger partial charge in [-0.15, -0.1) is 0 Å². The van der Waals surface area contributed by atoms with Crippen LogP contribution in [0.4, 0.5) is 4.39 Å². The molecule has 0 aliphatic carbocycles. The Hall–Kier alpha value is -2.01. The molecule has 21 heavy (non-hydrogen) atoms. The van der Waals surface area contributed by atoms with Crippen LogP contribution in [-0.4, -0.2) is 16.5 Å². The normalized spacial score (nSPS) is 12.4. The number of hydrogen-bond donors (Lipinski definition) is 2. The van der Waals surface area contributed by atoms with Crippen molar-refractivity contribution in [3.8, 4) is 0 Å². The van der Waals surface area contributed by atoms with Crippen molar-refractivity contribution in [2.75, 3.05) is 6.54 Å². The lowest BCUT2D eigenvalue weighted by Gasteiger charge is -2.15. The van der Waals surface area contributed by atoms with Gasteiger partial charge in [0.05, 0.1) is 5.56 Å². The molecule has 1 atom stereocenters. The van der Waals surface area contributed by atoms with Crippen molar-refractivity contribution in [3.63, 3.8) is 0 Å². The number of aromatic nitrogens is 2. The molecule has 4 nitrogen and oxygen atoms in total. The summed E-state index contributed by atoms with van der Waals surface area (Å²) in [6, 6.07) is 6.37. The van der Waals surface area contributed by atoms with Crippen molar-refractivity contribution < 1.29 is 4.39 Å². The van der Waals surface area contributed by atoms with Crippen LogP contribution in [0.25, 0.3) is 0 Å². The molecule has 0 bridgehead atoms. The first-order chi connectivity index (χ1) is 9.97.